The third kappa shape index (κ3) is 2.22. The summed E-state index contributed by atoms with van der Waals surface area (Å²) in [5.41, 5.74) is 0.578. The number of fused-ring (bicyclic) bond motifs is 4. The number of hydrogen-bond acceptors (Lipinski definition) is 4. The molecular weight excluding hydrogens is 270 g/mol. The monoisotopic (exact) mass is 289 g/mol. The van der Waals surface area contributed by atoms with Gasteiger partial charge in [-0.3, -0.25) is 4.79 Å². The highest BCUT2D eigenvalue weighted by atomic mass is 16.5. The van der Waals surface area contributed by atoms with E-state index in [1.807, 2.05) is 32.0 Å². The number of aliphatic hydroxyl groups excluding tert-OH is 1. The maximum atomic E-state index is 12.2. The van der Waals surface area contributed by atoms with Crippen LogP contribution in [-0.2, 0) is 4.79 Å². The smallest absolute Gasteiger partial charge is 0.254 e. The van der Waals surface area contributed by atoms with Crippen molar-refractivity contribution in [2.24, 2.45) is 0 Å². The van der Waals surface area contributed by atoms with Crippen molar-refractivity contribution in [2.75, 3.05) is 6.61 Å². The molecule has 5 heteroatoms. The van der Waals surface area contributed by atoms with Crippen LogP contribution >= 0.6 is 0 Å². The number of benzene rings is 1. The molecule has 1 saturated heterocycles. The van der Waals surface area contributed by atoms with E-state index in [1.54, 1.807) is 6.92 Å². The van der Waals surface area contributed by atoms with Gasteiger partial charge in [0.1, 0.15) is 11.5 Å². The summed E-state index contributed by atoms with van der Waals surface area (Å²) in [6.45, 7) is 5.89. The summed E-state index contributed by atoms with van der Waals surface area (Å²) in [6.07, 6.45) is 0.604. The maximum absolute atomic E-state index is 12.2. The van der Waals surface area contributed by atoms with Gasteiger partial charge < -0.3 is 19.9 Å². The summed E-state index contributed by atoms with van der Waals surface area (Å²) >= 11 is 0. The van der Waals surface area contributed by atoms with Gasteiger partial charge in [-0.05, 0) is 26.8 Å². The Labute approximate surface area is 123 Å². The van der Waals surface area contributed by atoms with Crippen molar-refractivity contribution in [2.45, 2.75) is 38.8 Å². The molecule has 0 aromatic heterocycles. The van der Waals surface area contributed by atoms with Crippen LogP contribution in [0.3, 0.4) is 0 Å². The Morgan fingerprint density at radius 3 is 3.00 bits per heavy atom. The summed E-state index contributed by atoms with van der Waals surface area (Å²) in [5.74, 6) is 1.05. The molecule has 1 aromatic carbocycles. The summed E-state index contributed by atoms with van der Waals surface area (Å²) < 4.78 is 11.5. The number of rotatable bonds is 2. The van der Waals surface area contributed by atoms with E-state index in [-0.39, 0.29) is 17.6 Å². The number of amides is 1. The zero-order chi connectivity index (χ0) is 15.2. The summed E-state index contributed by atoms with van der Waals surface area (Å²) in [6, 6.07) is 5.61. The molecule has 2 aliphatic rings. The first-order chi connectivity index (χ1) is 9.93. The molecule has 21 heavy (non-hydrogen) atoms. The number of carbonyl (C=O) groups excluding carboxylic acids is 1. The lowest BCUT2D eigenvalue weighted by Crippen LogP contribution is -2.58. The van der Waals surface area contributed by atoms with E-state index in [0.717, 1.165) is 11.3 Å². The highest BCUT2D eigenvalue weighted by molar-refractivity contribution is 5.97. The second-order valence-corrected chi connectivity index (χ2v) is 5.68. The van der Waals surface area contributed by atoms with Crippen molar-refractivity contribution < 1.29 is 19.4 Å². The molecule has 0 saturated carbocycles. The van der Waals surface area contributed by atoms with Gasteiger partial charge in [0.2, 0.25) is 0 Å². The number of carbonyl (C=O) groups is 1. The predicted octanol–water partition coefficient (Wildman–Crippen LogP) is 2.63. The minimum absolute atomic E-state index is 0.0567. The van der Waals surface area contributed by atoms with Crippen LogP contribution in [0.25, 0.3) is 0 Å². The number of hydrogen-bond donors (Lipinski definition) is 2. The summed E-state index contributed by atoms with van der Waals surface area (Å²) in [4.78, 5) is 12.2. The van der Waals surface area contributed by atoms with Gasteiger partial charge in [0.25, 0.3) is 5.91 Å². The number of ether oxygens (including phenoxy) is 2. The highest BCUT2D eigenvalue weighted by Crippen LogP contribution is 2.47. The quantitative estimate of drug-likeness (QED) is 0.649. The SMILES string of the molecule is CCOc1ccc2c(c1)O[C@]1(C)C[C@H]2/C(=C(\C)O)C(=O)N1. The van der Waals surface area contributed by atoms with Crippen molar-refractivity contribution in [3.63, 3.8) is 0 Å². The first-order valence-electron chi connectivity index (χ1n) is 7.11. The Kier molecular flexibility index (Phi) is 3.08. The van der Waals surface area contributed by atoms with Gasteiger partial charge in [-0.2, -0.15) is 0 Å². The van der Waals surface area contributed by atoms with Crippen LogP contribution in [0.4, 0.5) is 0 Å². The van der Waals surface area contributed by atoms with Gasteiger partial charge in [0.15, 0.2) is 5.72 Å². The van der Waals surface area contributed by atoms with Gasteiger partial charge in [-0.1, -0.05) is 6.07 Å². The normalized spacial score (nSPS) is 29.1. The molecule has 1 amide bonds. The van der Waals surface area contributed by atoms with Crippen LogP contribution < -0.4 is 14.8 Å². The van der Waals surface area contributed by atoms with E-state index in [9.17, 15) is 9.90 Å². The molecule has 2 atom stereocenters. The third-order valence-electron chi connectivity index (χ3n) is 3.96. The van der Waals surface area contributed by atoms with Gasteiger partial charge in [0.05, 0.1) is 17.9 Å². The van der Waals surface area contributed by atoms with Crippen LogP contribution in [0.1, 0.15) is 38.7 Å². The van der Waals surface area contributed by atoms with Crippen LogP contribution in [-0.4, -0.2) is 23.3 Å². The Morgan fingerprint density at radius 2 is 2.33 bits per heavy atom. The first kappa shape index (κ1) is 13.8. The number of allylic oxidation sites excluding steroid dienone is 1. The van der Waals surface area contributed by atoms with Crippen molar-refractivity contribution in [1.82, 2.24) is 5.32 Å². The van der Waals surface area contributed by atoms with Crippen molar-refractivity contribution in [3.8, 4) is 11.5 Å². The van der Waals surface area contributed by atoms with Crippen LogP contribution in [0.2, 0.25) is 0 Å². The molecule has 2 aliphatic heterocycles. The predicted molar refractivity (Wildman–Crippen MR) is 77.5 cm³/mol. The number of nitrogens with one attached hydrogen (secondary N) is 1. The van der Waals surface area contributed by atoms with Crippen LogP contribution in [0.5, 0.6) is 11.5 Å². The van der Waals surface area contributed by atoms with Crippen molar-refractivity contribution in [1.29, 1.82) is 0 Å². The molecule has 0 spiro atoms. The molecule has 2 heterocycles. The summed E-state index contributed by atoms with van der Waals surface area (Å²) in [7, 11) is 0. The molecule has 2 N–H and O–H groups in total. The number of piperidine rings is 1. The minimum atomic E-state index is -0.751. The molecular formula is C16H19NO4. The molecule has 0 radical (unpaired) electrons. The second kappa shape index (κ2) is 4.69. The van der Waals surface area contributed by atoms with E-state index >= 15 is 0 Å². The molecule has 3 rings (SSSR count). The zero-order valence-electron chi connectivity index (χ0n) is 12.4. The molecule has 1 fully saturated rings. The molecule has 5 nitrogen and oxygen atoms in total. The first-order valence-corrected chi connectivity index (χ1v) is 7.11. The fraction of sp³-hybridized carbons (Fsp3) is 0.438. The zero-order valence-corrected chi connectivity index (χ0v) is 12.4. The van der Waals surface area contributed by atoms with E-state index in [4.69, 9.17) is 9.47 Å². The Bertz CT molecular complexity index is 633. The molecule has 0 unspecified atom stereocenters. The Morgan fingerprint density at radius 1 is 1.57 bits per heavy atom. The van der Waals surface area contributed by atoms with E-state index in [0.29, 0.717) is 24.4 Å². The minimum Gasteiger partial charge on any atom is -0.512 e. The van der Waals surface area contributed by atoms with Crippen LogP contribution in [0.15, 0.2) is 29.5 Å². The van der Waals surface area contributed by atoms with Crippen LogP contribution in [0, 0.1) is 0 Å². The molecule has 2 bridgehead atoms. The lowest BCUT2D eigenvalue weighted by Gasteiger charge is -2.45. The van der Waals surface area contributed by atoms with Crippen molar-refractivity contribution in [3.05, 3.63) is 35.1 Å². The molecule has 112 valence electrons. The van der Waals surface area contributed by atoms with E-state index in [1.165, 1.54) is 0 Å². The van der Waals surface area contributed by atoms with Gasteiger partial charge in [-0.15, -0.1) is 0 Å². The van der Waals surface area contributed by atoms with E-state index < -0.39 is 5.72 Å². The van der Waals surface area contributed by atoms with Gasteiger partial charge >= 0.3 is 0 Å². The van der Waals surface area contributed by atoms with Gasteiger partial charge in [-0.25, -0.2) is 0 Å². The van der Waals surface area contributed by atoms with Crippen molar-refractivity contribution >= 4 is 5.91 Å². The largest absolute Gasteiger partial charge is 0.512 e. The lowest BCUT2D eigenvalue weighted by atomic mass is 9.78. The fourth-order valence-corrected chi connectivity index (χ4v) is 3.15. The maximum Gasteiger partial charge on any atom is 0.254 e. The molecule has 0 aliphatic carbocycles. The fourth-order valence-electron chi connectivity index (χ4n) is 3.15. The second-order valence-electron chi connectivity index (χ2n) is 5.68. The van der Waals surface area contributed by atoms with E-state index in [2.05, 4.69) is 5.32 Å². The summed E-state index contributed by atoms with van der Waals surface area (Å²) in [5, 5.41) is 12.7. The molecule has 1 aromatic rings. The standard InChI is InChI=1S/C16H19NO4/c1-4-20-10-5-6-11-12-8-16(3,21-13(11)7-10)17-15(19)14(12)9(2)18/h5-7,12,18H,4,8H2,1-3H3,(H,17,19)/b14-9-/t12-,16-/m1/s1. The highest BCUT2D eigenvalue weighted by Gasteiger charge is 2.47. The Balaban J connectivity index is 2.11. The number of aliphatic hydroxyl groups is 1. The topological polar surface area (TPSA) is 67.8 Å². The lowest BCUT2D eigenvalue weighted by molar-refractivity contribution is -0.127. The Hall–Kier alpha value is -2.17. The average Bonchev–Trinajstić information content (AvgIpc) is 2.36. The van der Waals surface area contributed by atoms with Gasteiger partial charge in [0, 0.05) is 24.0 Å². The average molecular weight is 289 g/mol. The third-order valence-corrected chi connectivity index (χ3v) is 3.96.